The zero-order valence-corrected chi connectivity index (χ0v) is 11.8. The van der Waals surface area contributed by atoms with Crippen molar-refractivity contribution >= 4 is 0 Å². The lowest BCUT2D eigenvalue weighted by Crippen LogP contribution is -2.48. The van der Waals surface area contributed by atoms with Gasteiger partial charge in [0.15, 0.2) is 0 Å². The number of nitrogens with zero attached hydrogens (tertiary/aromatic N) is 1. The van der Waals surface area contributed by atoms with Crippen LogP contribution in [0.1, 0.15) is 24.9 Å². The van der Waals surface area contributed by atoms with Gasteiger partial charge in [0.2, 0.25) is 0 Å². The van der Waals surface area contributed by atoms with Crippen LogP contribution in [0.2, 0.25) is 0 Å². The first-order valence-corrected chi connectivity index (χ1v) is 7.08. The summed E-state index contributed by atoms with van der Waals surface area (Å²) in [7, 11) is 1.97. The molecule has 0 saturated carbocycles. The number of hydrogen-bond donors (Lipinski definition) is 2. The molecular weight excluding hydrogens is 241 g/mol. The molecule has 1 heterocycles. The molecule has 3 nitrogen and oxygen atoms in total. The van der Waals surface area contributed by atoms with E-state index in [2.05, 4.69) is 22.5 Å². The molecule has 1 saturated heterocycles. The standard InChI is InChI=1S/C15H24FN3/c1-12(19-9-7-18-8-10-19)11-15(17-2)13-3-5-14(16)6-4-13/h3-6,12,15,17-18H,7-11H2,1-2H3. The van der Waals surface area contributed by atoms with E-state index in [9.17, 15) is 4.39 Å². The minimum Gasteiger partial charge on any atom is -0.314 e. The maximum Gasteiger partial charge on any atom is 0.123 e. The van der Waals surface area contributed by atoms with Crippen LogP contribution in [-0.4, -0.2) is 44.2 Å². The van der Waals surface area contributed by atoms with Gasteiger partial charge in [-0.25, -0.2) is 4.39 Å². The Kier molecular flexibility index (Phi) is 5.31. The summed E-state index contributed by atoms with van der Waals surface area (Å²) in [6.07, 6.45) is 1.04. The van der Waals surface area contributed by atoms with Gasteiger partial charge in [0.25, 0.3) is 0 Å². The molecule has 2 rings (SSSR count). The van der Waals surface area contributed by atoms with Crippen molar-refractivity contribution in [1.82, 2.24) is 15.5 Å². The summed E-state index contributed by atoms with van der Waals surface area (Å²) in [5, 5.41) is 6.72. The van der Waals surface area contributed by atoms with Crippen molar-refractivity contribution in [1.29, 1.82) is 0 Å². The number of benzene rings is 1. The van der Waals surface area contributed by atoms with Crippen LogP contribution in [0.15, 0.2) is 24.3 Å². The molecule has 1 aliphatic heterocycles. The predicted octanol–water partition coefficient (Wildman–Crippen LogP) is 1.77. The topological polar surface area (TPSA) is 27.3 Å². The number of halogens is 1. The fourth-order valence-corrected chi connectivity index (χ4v) is 2.73. The van der Waals surface area contributed by atoms with Crippen molar-refractivity contribution in [2.75, 3.05) is 33.2 Å². The summed E-state index contributed by atoms with van der Waals surface area (Å²) in [5.74, 6) is -0.172. The molecule has 19 heavy (non-hydrogen) atoms. The number of rotatable bonds is 5. The fourth-order valence-electron chi connectivity index (χ4n) is 2.73. The van der Waals surface area contributed by atoms with Crippen LogP contribution < -0.4 is 10.6 Å². The van der Waals surface area contributed by atoms with Gasteiger partial charge in [-0.2, -0.15) is 0 Å². The first kappa shape index (κ1) is 14.4. The molecule has 1 aromatic carbocycles. The van der Waals surface area contributed by atoms with Crippen molar-refractivity contribution in [2.24, 2.45) is 0 Å². The van der Waals surface area contributed by atoms with Gasteiger partial charge in [0.1, 0.15) is 5.82 Å². The molecular formula is C15H24FN3. The highest BCUT2D eigenvalue weighted by atomic mass is 19.1. The SMILES string of the molecule is CNC(CC(C)N1CCNCC1)c1ccc(F)cc1. The van der Waals surface area contributed by atoms with Crippen molar-refractivity contribution in [3.05, 3.63) is 35.6 Å². The monoisotopic (exact) mass is 265 g/mol. The molecule has 0 radical (unpaired) electrons. The minimum absolute atomic E-state index is 0.172. The summed E-state index contributed by atoms with van der Waals surface area (Å²) < 4.78 is 13.0. The Bertz CT molecular complexity index is 373. The second kappa shape index (κ2) is 6.98. The fraction of sp³-hybridized carbons (Fsp3) is 0.600. The van der Waals surface area contributed by atoms with Gasteiger partial charge in [-0.1, -0.05) is 12.1 Å². The van der Waals surface area contributed by atoms with Crippen LogP contribution in [0, 0.1) is 5.82 Å². The molecule has 0 spiro atoms. The largest absolute Gasteiger partial charge is 0.314 e. The summed E-state index contributed by atoms with van der Waals surface area (Å²) in [6.45, 7) is 6.65. The van der Waals surface area contributed by atoms with E-state index in [0.717, 1.165) is 38.2 Å². The zero-order chi connectivity index (χ0) is 13.7. The van der Waals surface area contributed by atoms with Gasteiger partial charge < -0.3 is 10.6 Å². The van der Waals surface area contributed by atoms with Crippen LogP contribution in [0.4, 0.5) is 4.39 Å². The lowest BCUT2D eigenvalue weighted by atomic mass is 9.99. The Balaban J connectivity index is 1.96. The van der Waals surface area contributed by atoms with E-state index in [1.807, 2.05) is 19.2 Å². The maximum atomic E-state index is 13.0. The molecule has 0 aromatic heterocycles. The highest BCUT2D eigenvalue weighted by Gasteiger charge is 2.20. The van der Waals surface area contributed by atoms with Gasteiger partial charge in [-0.3, -0.25) is 4.90 Å². The summed E-state index contributed by atoms with van der Waals surface area (Å²) in [6, 6.07) is 7.64. The average Bonchev–Trinajstić information content (AvgIpc) is 2.46. The molecule has 4 heteroatoms. The predicted molar refractivity (Wildman–Crippen MR) is 76.7 cm³/mol. The normalized spacial score (nSPS) is 20.2. The average molecular weight is 265 g/mol. The van der Waals surface area contributed by atoms with Crippen LogP contribution in [0.25, 0.3) is 0 Å². The lowest BCUT2D eigenvalue weighted by Gasteiger charge is -2.34. The van der Waals surface area contributed by atoms with Crippen LogP contribution in [0.3, 0.4) is 0 Å². The van der Waals surface area contributed by atoms with Gasteiger partial charge in [-0.15, -0.1) is 0 Å². The lowest BCUT2D eigenvalue weighted by molar-refractivity contribution is 0.167. The zero-order valence-electron chi connectivity index (χ0n) is 11.8. The first-order valence-electron chi connectivity index (χ1n) is 7.08. The first-order chi connectivity index (χ1) is 9.20. The second-order valence-corrected chi connectivity index (χ2v) is 5.26. The Morgan fingerprint density at radius 1 is 1.26 bits per heavy atom. The molecule has 0 aliphatic carbocycles. The molecule has 1 fully saturated rings. The third-order valence-corrected chi connectivity index (χ3v) is 3.97. The Morgan fingerprint density at radius 3 is 2.47 bits per heavy atom. The molecule has 1 aromatic rings. The van der Waals surface area contributed by atoms with E-state index in [1.54, 1.807) is 0 Å². The van der Waals surface area contributed by atoms with Crippen molar-refractivity contribution < 1.29 is 4.39 Å². The van der Waals surface area contributed by atoms with Gasteiger partial charge in [0.05, 0.1) is 0 Å². The van der Waals surface area contributed by atoms with E-state index in [1.165, 1.54) is 12.1 Å². The molecule has 1 aliphatic rings. The van der Waals surface area contributed by atoms with E-state index in [4.69, 9.17) is 0 Å². The number of nitrogens with one attached hydrogen (secondary N) is 2. The van der Waals surface area contributed by atoms with E-state index >= 15 is 0 Å². The Hall–Kier alpha value is -0.970. The third kappa shape index (κ3) is 4.00. The third-order valence-electron chi connectivity index (χ3n) is 3.97. The molecule has 0 amide bonds. The van der Waals surface area contributed by atoms with Crippen LogP contribution in [-0.2, 0) is 0 Å². The van der Waals surface area contributed by atoms with E-state index in [0.29, 0.717) is 6.04 Å². The van der Waals surface area contributed by atoms with E-state index in [-0.39, 0.29) is 11.9 Å². The Morgan fingerprint density at radius 2 is 1.89 bits per heavy atom. The van der Waals surface area contributed by atoms with Gasteiger partial charge in [0, 0.05) is 38.3 Å². The van der Waals surface area contributed by atoms with Crippen LogP contribution in [0.5, 0.6) is 0 Å². The summed E-state index contributed by atoms with van der Waals surface area (Å²) in [4.78, 5) is 2.52. The molecule has 0 bridgehead atoms. The summed E-state index contributed by atoms with van der Waals surface area (Å²) in [5.41, 5.74) is 1.16. The summed E-state index contributed by atoms with van der Waals surface area (Å²) >= 11 is 0. The van der Waals surface area contributed by atoms with Gasteiger partial charge in [-0.05, 0) is 38.1 Å². The smallest absolute Gasteiger partial charge is 0.123 e. The Labute approximate surface area is 115 Å². The van der Waals surface area contributed by atoms with E-state index < -0.39 is 0 Å². The van der Waals surface area contributed by atoms with Crippen molar-refractivity contribution in [3.63, 3.8) is 0 Å². The highest BCUT2D eigenvalue weighted by Crippen LogP contribution is 2.21. The molecule has 2 unspecified atom stereocenters. The highest BCUT2D eigenvalue weighted by molar-refractivity contribution is 5.20. The van der Waals surface area contributed by atoms with Crippen molar-refractivity contribution in [2.45, 2.75) is 25.4 Å². The molecule has 106 valence electrons. The maximum absolute atomic E-state index is 13.0. The van der Waals surface area contributed by atoms with Gasteiger partial charge >= 0.3 is 0 Å². The molecule has 2 N–H and O–H groups in total. The minimum atomic E-state index is -0.172. The number of hydrogen-bond acceptors (Lipinski definition) is 3. The second-order valence-electron chi connectivity index (χ2n) is 5.26. The number of piperazine rings is 1. The van der Waals surface area contributed by atoms with Crippen LogP contribution >= 0.6 is 0 Å². The molecule has 2 atom stereocenters. The van der Waals surface area contributed by atoms with Crippen molar-refractivity contribution in [3.8, 4) is 0 Å². The quantitative estimate of drug-likeness (QED) is 0.849.